The Kier molecular flexibility index (Phi) is 4.78. The average Bonchev–Trinajstić information content (AvgIpc) is 3.17. The molecule has 1 heteroatoms. The molecule has 0 amide bonds. The highest BCUT2D eigenvalue weighted by atomic mass is 15.1. The number of allylic oxidation sites excluding steroid dienone is 3. The lowest BCUT2D eigenvalue weighted by atomic mass is 9.88. The molecule has 1 fully saturated rings. The van der Waals surface area contributed by atoms with Crippen LogP contribution in [0.1, 0.15) is 46.5 Å². The van der Waals surface area contributed by atoms with Crippen LogP contribution in [0.3, 0.4) is 0 Å². The molecule has 1 nitrogen and oxygen atoms in total. The van der Waals surface area contributed by atoms with Crippen molar-refractivity contribution in [1.82, 2.24) is 4.90 Å². The predicted octanol–water partition coefficient (Wildman–Crippen LogP) is 5.03. The fourth-order valence-corrected chi connectivity index (χ4v) is 3.47. The largest absolute Gasteiger partial charge is 0.371 e. The molecule has 3 unspecified atom stereocenters. The lowest BCUT2D eigenvalue weighted by Gasteiger charge is -2.34. The highest BCUT2D eigenvalue weighted by molar-refractivity contribution is 5.08. The van der Waals surface area contributed by atoms with Gasteiger partial charge in [-0.15, -0.1) is 6.58 Å². The van der Waals surface area contributed by atoms with E-state index in [0.717, 1.165) is 24.3 Å². The Labute approximate surface area is 125 Å². The van der Waals surface area contributed by atoms with E-state index in [-0.39, 0.29) is 5.41 Å². The van der Waals surface area contributed by atoms with E-state index in [1.165, 1.54) is 37.9 Å². The maximum absolute atomic E-state index is 4.33. The number of hydrogen-bond acceptors (Lipinski definition) is 1. The van der Waals surface area contributed by atoms with E-state index in [2.05, 4.69) is 51.0 Å². The van der Waals surface area contributed by atoms with Crippen LogP contribution in [-0.2, 0) is 0 Å². The van der Waals surface area contributed by atoms with Crippen LogP contribution < -0.4 is 0 Å². The van der Waals surface area contributed by atoms with Gasteiger partial charge in [-0.3, -0.25) is 0 Å². The number of hydrogen-bond donors (Lipinski definition) is 0. The van der Waals surface area contributed by atoms with Crippen molar-refractivity contribution in [3.8, 4) is 0 Å². The minimum absolute atomic E-state index is 0.154. The Morgan fingerprint density at radius 3 is 2.65 bits per heavy atom. The highest BCUT2D eigenvalue weighted by Crippen LogP contribution is 2.49. The van der Waals surface area contributed by atoms with Gasteiger partial charge in [-0.05, 0) is 43.4 Å². The lowest BCUT2D eigenvalue weighted by Crippen LogP contribution is -2.32. The molecule has 0 spiro atoms. The molecule has 0 aromatic heterocycles. The first-order chi connectivity index (χ1) is 9.43. The van der Waals surface area contributed by atoms with Crippen molar-refractivity contribution in [3.05, 3.63) is 37.1 Å². The van der Waals surface area contributed by atoms with E-state index in [1.807, 2.05) is 6.08 Å². The second-order valence-corrected chi connectivity index (χ2v) is 7.59. The van der Waals surface area contributed by atoms with Crippen LogP contribution in [0.5, 0.6) is 0 Å². The maximum atomic E-state index is 4.33. The Bertz CT molecular complexity index is 385. The Morgan fingerprint density at radius 2 is 2.10 bits per heavy atom. The molecule has 0 bridgehead atoms. The van der Waals surface area contributed by atoms with Crippen LogP contribution in [0.15, 0.2) is 37.1 Å². The quantitative estimate of drug-likeness (QED) is 0.614. The first kappa shape index (κ1) is 15.4. The van der Waals surface area contributed by atoms with E-state index in [4.69, 9.17) is 0 Å². The van der Waals surface area contributed by atoms with Gasteiger partial charge in [-0.2, -0.15) is 0 Å². The van der Waals surface area contributed by atoms with Crippen LogP contribution >= 0.6 is 0 Å². The van der Waals surface area contributed by atoms with Crippen molar-refractivity contribution in [1.29, 1.82) is 0 Å². The summed E-state index contributed by atoms with van der Waals surface area (Å²) in [5.74, 6) is 2.78. The third-order valence-electron chi connectivity index (χ3n) is 4.94. The predicted molar refractivity (Wildman–Crippen MR) is 88.4 cm³/mol. The summed E-state index contributed by atoms with van der Waals surface area (Å²) in [6, 6.07) is 0. The molecule has 0 radical (unpaired) electrons. The van der Waals surface area contributed by atoms with Crippen LogP contribution in [0.25, 0.3) is 0 Å². The lowest BCUT2D eigenvalue weighted by molar-refractivity contribution is 0.267. The molecule has 0 aromatic rings. The van der Waals surface area contributed by atoms with E-state index in [1.54, 1.807) is 0 Å². The van der Waals surface area contributed by atoms with Crippen LogP contribution in [0, 0.1) is 23.2 Å². The minimum atomic E-state index is 0.154. The Balaban J connectivity index is 1.88. The molecule has 0 aliphatic heterocycles. The van der Waals surface area contributed by atoms with Gasteiger partial charge < -0.3 is 4.90 Å². The van der Waals surface area contributed by atoms with E-state index in [0.29, 0.717) is 0 Å². The molecule has 20 heavy (non-hydrogen) atoms. The van der Waals surface area contributed by atoms with Crippen LogP contribution in [0.4, 0.5) is 0 Å². The van der Waals surface area contributed by atoms with Crippen molar-refractivity contribution < 1.29 is 0 Å². The summed E-state index contributed by atoms with van der Waals surface area (Å²) in [4.78, 5) is 2.45. The molecule has 2 rings (SSSR count). The van der Waals surface area contributed by atoms with E-state index in [9.17, 15) is 0 Å². The van der Waals surface area contributed by atoms with Crippen LogP contribution in [0.2, 0.25) is 0 Å². The molecule has 3 atom stereocenters. The summed E-state index contributed by atoms with van der Waals surface area (Å²) in [5.41, 5.74) is 1.41. The van der Waals surface area contributed by atoms with Crippen molar-refractivity contribution in [3.63, 3.8) is 0 Å². The summed E-state index contributed by atoms with van der Waals surface area (Å²) in [7, 11) is 0. The third kappa shape index (κ3) is 3.77. The maximum Gasteiger partial charge on any atom is 0.0354 e. The van der Waals surface area contributed by atoms with E-state index < -0.39 is 0 Å². The van der Waals surface area contributed by atoms with Crippen LogP contribution in [-0.4, -0.2) is 18.0 Å². The fraction of sp³-hybridized carbons (Fsp3) is 0.684. The molecule has 2 aliphatic rings. The standard InChI is InChI=1S/C19H31N/c1-6-12-20(15(2)19(3,4)5)14-17-13-18(17)16-10-8-7-9-11-16/h6-8,16-18H,1-2,9-14H2,3-5H3. The zero-order valence-corrected chi connectivity index (χ0v) is 13.6. The number of rotatable bonds is 6. The summed E-state index contributed by atoms with van der Waals surface area (Å²) < 4.78 is 0. The van der Waals surface area contributed by atoms with Gasteiger partial charge in [0.15, 0.2) is 0 Å². The SMILES string of the molecule is C=CCN(CC1CC1C1CC=CCC1)C(=C)C(C)(C)C. The molecular weight excluding hydrogens is 242 g/mol. The van der Waals surface area contributed by atoms with E-state index >= 15 is 0 Å². The number of nitrogens with zero attached hydrogens (tertiary/aromatic N) is 1. The average molecular weight is 273 g/mol. The normalized spacial score (nSPS) is 29.1. The second-order valence-electron chi connectivity index (χ2n) is 7.59. The smallest absolute Gasteiger partial charge is 0.0354 e. The Morgan fingerprint density at radius 1 is 1.35 bits per heavy atom. The second kappa shape index (κ2) is 6.20. The van der Waals surface area contributed by atoms with Gasteiger partial charge in [0.25, 0.3) is 0 Å². The molecule has 0 N–H and O–H groups in total. The third-order valence-corrected chi connectivity index (χ3v) is 4.94. The van der Waals surface area contributed by atoms with Gasteiger partial charge in [-0.1, -0.05) is 45.6 Å². The summed E-state index contributed by atoms with van der Waals surface area (Å²) >= 11 is 0. The highest BCUT2D eigenvalue weighted by Gasteiger charge is 2.43. The molecule has 1 saturated carbocycles. The first-order valence-electron chi connectivity index (χ1n) is 8.13. The van der Waals surface area contributed by atoms with Gasteiger partial charge in [0, 0.05) is 24.2 Å². The zero-order valence-electron chi connectivity index (χ0n) is 13.6. The van der Waals surface area contributed by atoms with Crippen molar-refractivity contribution in [2.45, 2.75) is 46.5 Å². The summed E-state index contributed by atoms with van der Waals surface area (Å²) in [5, 5.41) is 0. The van der Waals surface area contributed by atoms with Crippen molar-refractivity contribution in [2.24, 2.45) is 23.2 Å². The molecule has 0 saturated heterocycles. The van der Waals surface area contributed by atoms with Crippen molar-refractivity contribution >= 4 is 0 Å². The minimum Gasteiger partial charge on any atom is -0.371 e. The van der Waals surface area contributed by atoms with Crippen molar-refractivity contribution in [2.75, 3.05) is 13.1 Å². The Hall–Kier alpha value is -0.980. The van der Waals surface area contributed by atoms with Gasteiger partial charge >= 0.3 is 0 Å². The van der Waals surface area contributed by atoms with Gasteiger partial charge in [-0.25, -0.2) is 0 Å². The molecule has 0 aromatic carbocycles. The topological polar surface area (TPSA) is 3.24 Å². The first-order valence-corrected chi connectivity index (χ1v) is 8.13. The molecule has 112 valence electrons. The molecular formula is C19H31N. The summed E-state index contributed by atoms with van der Waals surface area (Å²) in [6.07, 6.45) is 12.2. The zero-order chi connectivity index (χ0) is 14.8. The molecule has 0 heterocycles. The van der Waals surface area contributed by atoms with Gasteiger partial charge in [0.1, 0.15) is 0 Å². The van der Waals surface area contributed by atoms with Gasteiger partial charge in [0.2, 0.25) is 0 Å². The summed E-state index contributed by atoms with van der Waals surface area (Å²) in [6.45, 7) is 17.1. The molecule has 2 aliphatic carbocycles. The van der Waals surface area contributed by atoms with Gasteiger partial charge in [0.05, 0.1) is 0 Å². The monoisotopic (exact) mass is 273 g/mol. The fourth-order valence-electron chi connectivity index (χ4n) is 3.47.